The quantitative estimate of drug-likeness (QED) is 0.689. The highest BCUT2D eigenvalue weighted by molar-refractivity contribution is 9.09. The van der Waals surface area contributed by atoms with Crippen LogP contribution in [-0.4, -0.2) is 9.55 Å². The molecular weight excluding hydrogens is 264 g/mol. The Morgan fingerprint density at radius 1 is 1.64 bits per heavy atom. The van der Waals surface area contributed by atoms with Crippen LogP contribution >= 0.6 is 27.3 Å². The molecule has 3 nitrogen and oxygen atoms in total. The van der Waals surface area contributed by atoms with Gasteiger partial charge in [-0.1, -0.05) is 15.9 Å². The van der Waals surface area contributed by atoms with Gasteiger partial charge in [0.15, 0.2) is 0 Å². The molecule has 0 N–H and O–H groups in total. The van der Waals surface area contributed by atoms with Gasteiger partial charge in [-0.05, 0) is 17.9 Å². The highest BCUT2D eigenvalue weighted by Crippen LogP contribution is 2.31. The molecule has 5 heteroatoms. The molecule has 0 aromatic carbocycles. The van der Waals surface area contributed by atoms with E-state index in [0.29, 0.717) is 0 Å². The van der Waals surface area contributed by atoms with E-state index in [1.165, 1.54) is 11.3 Å². The molecular formula is C9H7BrN2OS. The third-order valence-corrected chi connectivity index (χ3v) is 4.17. The van der Waals surface area contributed by atoms with Crippen molar-refractivity contribution in [3.8, 4) is 0 Å². The van der Waals surface area contributed by atoms with Gasteiger partial charge in [-0.3, -0.25) is 9.36 Å². The summed E-state index contributed by atoms with van der Waals surface area (Å²) in [6.07, 6.45) is 0.958. The van der Waals surface area contributed by atoms with Crippen LogP contribution in [0, 0.1) is 0 Å². The van der Waals surface area contributed by atoms with Gasteiger partial charge in [0.25, 0.3) is 5.56 Å². The molecule has 0 aliphatic carbocycles. The zero-order valence-corrected chi connectivity index (χ0v) is 9.64. The molecule has 3 heterocycles. The number of hydrogen-bond donors (Lipinski definition) is 0. The lowest BCUT2D eigenvalue weighted by atomic mass is 10.3. The van der Waals surface area contributed by atoms with Crippen LogP contribution in [0.3, 0.4) is 0 Å². The molecule has 72 valence electrons. The second-order valence-electron chi connectivity index (χ2n) is 3.32. The predicted molar refractivity (Wildman–Crippen MR) is 60.2 cm³/mol. The van der Waals surface area contributed by atoms with E-state index in [9.17, 15) is 4.79 Å². The van der Waals surface area contributed by atoms with E-state index in [1.54, 1.807) is 4.57 Å². The van der Waals surface area contributed by atoms with E-state index in [0.717, 1.165) is 29.0 Å². The monoisotopic (exact) mass is 270 g/mol. The first-order valence-corrected chi connectivity index (χ1v) is 6.19. The molecule has 0 radical (unpaired) electrons. The Morgan fingerprint density at radius 2 is 2.50 bits per heavy atom. The molecule has 0 fully saturated rings. The van der Waals surface area contributed by atoms with Gasteiger partial charge in [0.1, 0.15) is 10.7 Å². The number of hydrogen-bond acceptors (Lipinski definition) is 3. The van der Waals surface area contributed by atoms with Crippen molar-refractivity contribution < 1.29 is 0 Å². The number of rotatable bonds is 0. The molecule has 0 saturated heterocycles. The Balaban J connectivity index is 2.47. The summed E-state index contributed by atoms with van der Waals surface area (Å²) in [4.78, 5) is 17.5. The molecule has 1 aliphatic rings. The van der Waals surface area contributed by atoms with Gasteiger partial charge in [0.05, 0.1) is 10.2 Å². The van der Waals surface area contributed by atoms with Crippen molar-refractivity contribution in [1.82, 2.24) is 9.55 Å². The van der Waals surface area contributed by atoms with Gasteiger partial charge in [0, 0.05) is 6.54 Å². The summed E-state index contributed by atoms with van der Waals surface area (Å²) in [6, 6.07) is 1.85. The molecule has 0 spiro atoms. The molecule has 1 atom stereocenters. The number of fused-ring (bicyclic) bond motifs is 2. The Bertz CT molecular complexity index is 559. The maximum atomic E-state index is 11.9. The first-order valence-electron chi connectivity index (χ1n) is 4.39. The van der Waals surface area contributed by atoms with Crippen molar-refractivity contribution in [3.63, 3.8) is 0 Å². The van der Waals surface area contributed by atoms with E-state index in [4.69, 9.17) is 0 Å². The summed E-state index contributed by atoms with van der Waals surface area (Å²) in [7, 11) is 0. The topological polar surface area (TPSA) is 34.9 Å². The van der Waals surface area contributed by atoms with Gasteiger partial charge in [-0.25, -0.2) is 4.98 Å². The lowest BCUT2D eigenvalue weighted by molar-refractivity contribution is 0.719. The Morgan fingerprint density at radius 3 is 3.36 bits per heavy atom. The Kier molecular flexibility index (Phi) is 1.79. The fourth-order valence-electron chi connectivity index (χ4n) is 1.79. The zero-order chi connectivity index (χ0) is 9.71. The van der Waals surface area contributed by atoms with Gasteiger partial charge in [-0.2, -0.15) is 0 Å². The van der Waals surface area contributed by atoms with Crippen molar-refractivity contribution in [3.05, 3.63) is 27.6 Å². The molecule has 2 aromatic rings. The van der Waals surface area contributed by atoms with Crippen molar-refractivity contribution in [2.24, 2.45) is 0 Å². The van der Waals surface area contributed by atoms with Crippen LogP contribution in [-0.2, 0) is 6.54 Å². The summed E-state index contributed by atoms with van der Waals surface area (Å²) >= 11 is 5.05. The smallest absolute Gasteiger partial charge is 0.262 e. The molecule has 2 aromatic heterocycles. The van der Waals surface area contributed by atoms with E-state index in [1.807, 2.05) is 11.4 Å². The van der Waals surface area contributed by atoms with Crippen molar-refractivity contribution >= 4 is 37.5 Å². The zero-order valence-electron chi connectivity index (χ0n) is 7.24. The molecule has 0 unspecified atom stereocenters. The maximum absolute atomic E-state index is 11.9. The predicted octanol–water partition coefficient (Wildman–Crippen LogP) is 2.30. The second kappa shape index (κ2) is 2.90. The minimum absolute atomic E-state index is 0.105. The second-order valence-corrected chi connectivity index (χ2v) is 5.32. The molecule has 0 bridgehead atoms. The summed E-state index contributed by atoms with van der Waals surface area (Å²) < 4.78 is 1.77. The van der Waals surface area contributed by atoms with Gasteiger partial charge >= 0.3 is 0 Å². The number of thiophene rings is 1. The molecule has 14 heavy (non-hydrogen) atoms. The average Bonchev–Trinajstić information content (AvgIpc) is 2.75. The lowest BCUT2D eigenvalue weighted by Crippen LogP contribution is -2.20. The Hall–Kier alpha value is -0.680. The fraction of sp³-hybridized carbons (Fsp3) is 0.333. The van der Waals surface area contributed by atoms with E-state index in [2.05, 4.69) is 20.9 Å². The van der Waals surface area contributed by atoms with Gasteiger partial charge in [0.2, 0.25) is 0 Å². The van der Waals surface area contributed by atoms with Gasteiger partial charge in [-0.15, -0.1) is 11.3 Å². The largest absolute Gasteiger partial charge is 0.295 e. The summed E-state index contributed by atoms with van der Waals surface area (Å²) in [6.45, 7) is 0.781. The van der Waals surface area contributed by atoms with E-state index < -0.39 is 0 Å². The minimum atomic E-state index is 0.105. The number of halogens is 1. The average molecular weight is 271 g/mol. The van der Waals surface area contributed by atoms with Crippen molar-refractivity contribution in [2.75, 3.05) is 0 Å². The summed E-state index contributed by atoms with van der Waals surface area (Å²) in [5.74, 6) is 0.880. The maximum Gasteiger partial charge on any atom is 0.262 e. The molecule has 0 saturated carbocycles. The van der Waals surface area contributed by atoms with Crippen LogP contribution in [0.15, 0.2) is 16.2 Å². The number of aromatic nitrogens is 2. The van der Waals surface area contributed by atoms with Crippen LogP contribution < -0.4 is 5.56 Å². The van der Waals surface area contributed by atoms with Crippen molar-refractivity contribution in [1.29, 1.82) is 0 Å². The SMILES string of the molecule is O=c1c2ccsc2nc2n1CC[C@H]2Br. The van der Waals surface area contributed by atoms with Crippen LogP contribution in [0.25, 0.3) is 10.2 Å². The summed E-state index contributed by atoms with van der Waals surface area (Å²) in [5.41, 5.74) is 0.105. The van der Waals surface area contributed by atoms with Crippen LogP contribution in [0.4, 0.5) is 0 Å². The van der Waals surface area contributed by atoms with E-state index >= 15 is 0 Å². The van der Waals surface area contributed by atoms with Gasteiger partial charge < -0.3 is 0 Å². The highest BCUT2D eigenvalue weighted by atomic mass is 79.9. The summed E-state index contributed by atoms with van der Waals surface area (Å²) in [5, 5.41) is 2.67. The highest BCUT2D eigenvalue weighted by Gasteiger charge is 2.23. The number of nitrogens with zero attached hydrogens (tertiary/aromatic N) is 2. The Labute approximate surface area is 92.5 Å². The third kappa shape index (κ3) is 1.02. The lowest BCUT2D eigenvalue weighted by Gasteiger charge is -2.02. The molecule has 1 aliphatic heterocycles. The van der Waals surface area contributed by atoms with Crippen LogP contribution in [0.5, 0.6) is 0 Å². The van der Waals surface area contributed by atoms with Crippen LogP contribution in [0.1, 0.15) is 17.1 Å². The standard InChI is InChI=1S/C9H7BrN2OS/c10-6-1-3-12-7(6)11-8-5(9(12)13)2-4-14-8/h2,4,6H,1,3H2/t6-/m1/s1. The molecule has 3 rings (SSSR count). The minimum Gasteiger partial charge on any atom is -0.295 e. The normalized spacial score (nSPS) is 20.2. The first-order chi connectivity index (χ1) is 6.77. The van der Waals surface area contributed by atoms with Crippen LogP contribution in [0.2, 0.25) is 0 Å². The first kappa shape index (κ1) is 8.61. The molecule has 0 amide bonds. The number of alkyl halides is 1. The van der Waals surface area contributed by atoms with Crippen molar-refractivity contribution in [2.45, 2.75) is 17.8 Å². The van der Waals surface area contributed by atoms with E-state index in [-0.39, 0.29) is 10.4 Å². The fourth-order valence-corrected chi connectivity index (χ4v) is 3.11. The third-order valence-electron chi connectivity index (χ3n) is 2.50.